The van der Waals surface area contributed by atoms with E-state index in [1.54, 1.807) is 0 Å². The van der Waals surface area contributed by atoms with Crippen LogP contribution in [0.4, 0.5) is 0 Å². The van der Waals surface area contributed by atoms with Gasteiger partial charge in [-0.1, -0.05) is 12.1 Å². The van der Waals surface area contributed by atoms with Gasteiger partial charge in [0.1, 0.15) is 5.75 Å². The lowest BCUT2D eigenvalue weighted by molar-refractivity contribution is 0.339. The highest BCUT2D eigenvalue weighted by Gasteiger charge is 2.09. The third-order valence-electron chi connectivity index (χ3n) is 2.53. The van der Waals surface area contributed by atoms with Gasteiger partial charge in [0.2, 0.25) is 0 Å². The van der Waals surface area contributed by atoms with Crippen molar-refractivity contribution in [1.82, 2.24) is 5.32 Å². The molecule has 0 heterocycles. The zero-order chi connectivity index (χ0) is 11.8. The number of rotatable bonds is 7. The molecule has 1 unspecified atom stereocenters. The van der Waals surface area contributed by atoms with Crippen LogP contribution in [0.15, 0.2) is 24.3 Å². The molecule has 0 aromatic heterocycles. The summed E-state index contributed by atoms with van der Waals surface area (Å²) < 4.78 is 5.51. The van der Waals surface area contributed by atoms with E-state index in [0.717, 1.165) is 18.8 Å². The van der Waals surface area contributed by atoms with Crippen LogP contribution in [0.25, 0.3) is 0 Å². The lowest BCUT2D eigenvalue weighted by Crippen LogP contribution is -2.17. The lowest BCUT2D eigenvalue weighted by atomic mass is 10.0. The Balaban J connectivity index is 2.71. The maximum Gasteiger partial charge on any atom is 0.119 e. The van der Waals surface area contributed by atoms with Gasteiger partial charge < -0.3 is 10.1 Å². The van der Waals surface area contributed by atoms with Gasteiger partial charge in [-0.15, -0.1) is 0 Å². The van der Waals surface area contributed by atoms with Gasteiger partial charge >= 0.3 is 0 Å². The molecule has 0 aliphatic heterocycles. The smallest absolute Gasteiger partial charge is 0.119 e. The highest BCUT2D eigenvalue weighted by atomic mass is 32.2. The van der Waals surface area contributed by atoms with Crippen LogP contribution in [0.2, 0.25) is 0 Å². The van der Waals surface area contributed by atoms with Crippen molar-refractivity contribution in [1.29, 1.82) is 0 Å². The molecule has 0 bridgehead atoms. The number of nitrogens with one attached hydrogen (secondary N) is 1. The van der Waals surface area contributed by atoms with Crippen molar-refractivity contribution >= 4 is 11.8 Å². The first-order valence-electron chi connectivity index (χ1n) is 5.70. The normalized spacial score (nSPS) is 12.4. The van der Waals surface area contributed by atoms with Crippen molar-refractivity contribution in [2.75, 3.05) is 25.7 Å². The molecule has 0 aliphatic rings. The van der Waals surface area contributed by atoms with Crippen LogP contribution < -0.4 is 10.1 Å². The van der Waals surface area contributed by atoms with E-state index >= 15 is 0 Å². The highest BCUT2D eigenvalue weighted by molar-refractivity contribution is 7.98. The van der Waals surface area contributed by atoms with Gasteiger partial charge in [-0.05, 0) is 50.1 Å². The topological polar surface area (TPSA) is 21.3 Å². The fourth-order valence-electron chi connectivity index (χ4n) is 1.70. The van der Waals surface area contributed by atoms with Gasteiger partial charge in [0, 0.05) is 6.04 Å². The average Bonchev–Trinajstić information content (AvgIpc) is 2.31. The number of benzene rings is 1. The van der Waals surface area contributed by atoms with Crippen LogP contribution in [0.1, 0.15) is 24.9 Å². The molecule has 3 heteroatoms. The van der Waals surface area contributed by atoms with Gasteiger partial charge in [-0.25, -0.2) is 0 Å². The summed E-state index contributed by atoms with van der Waals surface area (Å²) in [4.78, 5) is 0. The van der Waals surface area contributed by atoms with Crippen LogP contribution in [-0.4, -0.2) is 25.7 Å². The number of thioether (sulfide) groups is 1. The molecule has 1 rings (SSSR count). The second-order valence-electron chi connectivity index (χ2n) is 3.63. The summed E-state index contributed by atoms with van der Waals surface area (Å²) in [6, 6.07) is 8.78. The minimum absolute atomic E-state index is 0.424. The summed E-state index contributed by atoms with van der Waals surface area (Å²) in [6.45, 7) is 2.73. The van der Waals surface area contributed by atoms with E-state index in [1.165, 1.54) is 11.3 Å². The average molecular weight is 239 g/mol. The lowest BCUT2D eigenvalue weighted by Gasteiger charge is -2.17. The minimum Gasteiger partial charge on any atom is -0.494 e. The predicted octanol–water partition coefficient (Wildman–Crippen LogP) is 3.10. The molecule has 16 heavy (non-hydrogen) atoms. The third-order valence-corrected chi connectivity index (χ3v) is 3.17. The van der Waals surface area contributed by atoms with Crippen molar-refractivity contribution in [3.05, 3.63) is 29.8 Å². The Labute approximate surface area is 103 Å². The fraction of sp³-hybridized carbons (Fsp3) is 0.538. The molecular formula is C13H21NOS. The second-order valence-corrected chi connectivity index (χ2v) is 4.61. The molecule has 0 spiro atoms. The number of ether oxygens (including phenoxy) is 1. The van der Waals surface area contributed by atoms with Gasteiger partial charge in [-0.3, -0.25) is 0 Å². The highest BCUT2D eigenvalue weighted by Crippen LogP contribution is 2.22. The maximum absolute atomic E-state index is 5.51. The van der Waals surface area contributed by atoms with Crippen molar-refractivity contribution in [2.24, 2.45) is 0 Å². The summed E-state index contributed by atoms with van der Waals surface area (Å²) in [5, 5.41) is 3.35. The van der Waals surface area contributed by atoms with Crippen LogP contribution in [-0.2, 0) is 0 Å². The van der Waals surface area contributed by atoms with Crippen LogP contribution in [0.5, 0.6) is 5.75 Å². The molecule has 1 N–H and O–H groups in total. The van der Waals surface area contributed by atoms with E-state index in [2.05, 4.69) is 29.8 Å². The molecule has 0 saturated carbocycles. The molecule has 0 amide bonds. The molecule has 1 aromatic carbocycles. The molecule has 90 valence electrons. The van der Waals surface area contributed by atoms with Gasteiger partial charge in [0.25, 0.3) is 0 Å². The summed E-state index contributed by atoms with van der Waals surface area (Å²) >= 11 is 1.88. The Hall–Kier alpha value is -0.670. The molecule has 0 aliphatic carbocycles. The monoisotopic (exact) mass is 239 g/mol. The van der Waals surface area contributed by atoms with E-state index in [1.807, 2.05) is 31.8 Å². The van der Waals surface area contributed by atoms with Gasteiger partial charge in [0.15, 0.2) is 0 Å². The molecule has 0 saturated heterocycles. The molecular weight excluding hydrogens is 218 g/mol. The molecule has 2 nitrogen and oxygen atoms in total. The predicted molar refractivity (Wildman–Crippen MR) is 72.4 cm³/mol. The van der Waals surface area contributed by atoms with E-state index < -0.39 is 0 Å². The zero-order valence-corrected chi connectivity index (χ0v) is 11.1. The van der Waals surface area contributed by atoms with Crippen molar-refractivity contribution in [2.45, 2.75) is 19.4 Å². The van der Waals surface area contributed by atoms with Crippen LogP contribution in [0, 0.1) is 0 Å². The summed E-state index contributed by atoms with van der Waals surface area (Å²) in [7, 11) is 2.01. The SMILES string of the molecule is CCOc1cccc(C(CCSC)NC)c1. The third kappa shape index (κ3) is 4.06. The Bertz CT molecular complexity index is 304. The Morgan fingerprint density at radius 2 is 2.25 bits per heavy atom. The largest absolute Gasteiger partial charge is 0.494 e. The standard InChI is InChI=1S/C13H21NOS/c1-4-15-12-7-5-6-11(10-12)13(14-2)8-9-16-3/h5-7,10,13-14H,4,8-9H2,1-3H3. The van der Waals surface area contributed by atoms with Crippen LogP contribution >= 0.6 is 11.8 Å². The molecule has 0 fully saturated rings. The first-order valence-corrected chi connectivity index (χ1v) is 7.10. The quantitative estimate of drug-likeness (QED) is 0.790. The number of hydrogen-bond acceptors (Lipinski definition) is 3. The summed E-state index contributed by atoms with van der Waals surface area (Å²) in [5.74, 6) is 2.13. The van der Waals surface area contributed by atoms with Crippen molar-refractivity contribution in [3.63, 3.8) is 0 Å². The molecule has 0 radical (unpaired) electrons. The fourth-order valence-corrected chi connectivity index (χ4v) is 2.17. The molecule has 1 atom stereocenters. The van der Waals surface area contributed by atoms with E-state index in [4.69, 9.17) is 4.74 Å². The first kappa shape index (κ1) is 13.4. The van der Waals surface area contributed by atoms with E-state index in [-0.39, 0.29) is 0 Å². The van der Waals surface area contributed by atoms with E-state index in [0.29, 0.717) is 6.04 Å². The molecule has 1 aromatic rings. The Kier molecular flexibility index (Phi) is 6.34. The Morgan fingerprint density at radius 1 is 1.44 bits per heavy atom. The maximum atomic E-state index is 5.51. The Morgan fingerprint density at radius 3 is 2.88 bits per heavy atom. The number of hydrogen-bond donors (Lipinski definition) is 1. The van der Waals surface area contributed by atoms with Crippen molar-refractivity contribution < 1.29 is 4.74 Å². The zero-order valence-electron chi connectivity index (χ0n) is 10.3. The summed E-state index contributed by atoms with van der Waals surface area (Å²) in [5.41, 5.74) is 1.31. The van der Waals surface area contributed by atoms with Crippen molar-refractivity contribution in [3.8, 4) is 5.75 Å². The van der Waals surface area contributed by atoms with Gasteiger partial charge in [-0.2, -0.15) is 11.8 Å². The van der Waals surface area contributed by atoms with Gasteiger partial charge in [0.05, 0.1) is 6.61 Å². The minimum atomic E-state index is 0.424. The van der Waals surface area contributed by atoms with E-state index in [9.17, 15) is 0 Å². The van der Waals surface area contributed by atoms with Crippen LogP contribution in [0.3, 0.4) is 0 Å². The summed E-state index contributed by atoms with van der Waals surface area (Å²) in [6.07, 6.45) is 3.29. The second kappa shape index (κ2) is 7.58. The first-order chi connectivity index (χ1) is 7.81.